The summed E-state index contributed by atoms with van der Waals surface area (Å²) in [7, 11) is 0. The van der Waals surface area contributed by atoms with Gasteiger partial charge in [-0.2, -0.15) is 0 Å². The van der Waals surface area contributed by atoms with Crippen molar-refractivity contribution in [2.75, 3.05) is 11.5 Å². The molecule has 1 heterocycles. The van der Waals surface area contributed by atoms with Crippen LogP contribution < -0.4 is 4.90 Å². The minimum atomic E-state index is -0.339. The first-order chi connectivity index (χ1) is 13.3. The number of nitrogens with zero attached hydrogens (tertiary/aromatic N) is 1. The zero-order valence-electron chi connectivity index (χ0n) is 15.3. The smallest absolute Gasteiger partial charge is 0.256 e. The summed E-state index contributed by atoms with van der Waals surface area (Å²) in [5.74, 6) is 0.0431. The molecule has 1 fully saturated rings. The Hall–Kier alpha value is -2.91. The van der Waals surface area contributed by atoms with E-state index in [1.807, 2.05) is 53.4 Å². The van der Waals surface area contributed by atoms with Gasteiger partial charge in [0.25, 0.3) is 5.91 Å². The Morgan fingerprint density at radius 3 is 2.30 bits per heavy atom. The van der Waals surface area contributed by atoms with Crippen LogP contribution >= 0.6 is 0 Å². The van der Waals surface area contributed by atoms with Crippen LogP contribution in [-0.4, -0.2) is 18.6 Å². The molecule has 1 atom stereocenters. The fourth-order valence-electron chi connectivity index (χ4n) is 3.49. The molecule has 0 bridgehead atoms. The van der Waals surface area contributed by atoms with Gasteiger partial charge in [-0.15, -0.1) is 0 Å². The van der Waals surface area contributed by atoms with Crippen molar-refractivity contribution in [3.8, 4) is 11.1 Å². The van der Waals surface area contributed by atoms with Crippen LogP contribution in [0.5, 0.6) is 0 Å². The van der Waals surface area contributed by atoms with E-state index < -0.39 is 0 Å². The lowest BCUT2D eigenvalue weighted by Gasteiger charge is -2.26. The van der Waals surface area contributed by atoms with Crippen LogP contribution in [0.2, 0.25) is 0 Å². The molecule has 0 saturated carbocycles. The molecule has 136 valence electrons. The summed E-state index contributed by atoms with van der Waals surface area (Å²) in [6.45, 7) is 1.21. The number of anilines is 1. The normalized spacial score (nSPS) is 16.2. The Labute approximate surface area is 160 Å². The average Bonchev–Trinajstić information content (AvgIpc) is 3.28. The predicted molar refractivity (Wildman–Crippen MR) is 108 cm³/mol. The molecule has 0 radical (unpaired) electrons. The second-order valence-corrected chi connectivity index (χ2v) is 6.83. The van der Waals surface area contributed by atoms with E-state index in [0.29, 0.717) is 13.2 Å². The van der Waals surface area contributed by atoms with Crippen LogP contribution in [0.15, 0.2) is 84.9 Å². The maximum Gasteiger partial charge on any atom is 0.256 e. The fourth-order valence-corrected chi connectivity index (χ4v) is 3.49. The van der Waals surface area contributed by atoms with Gasteiger partial charge >= 0.3 is 0 Å². The van der Waals surface area contributed by atoms with Gasteiger partial charge in [0.1, 0.15) is 6.10 Å². The van der Waals surface area contributed by atoms with E-state index in [1.165, 1.54) is 0 Å². The van der Waals surface area contributed by atoms with E-state index in [9.17, 15) is 4.79 Å². The zero-order valence-corrected chi connectivity index (χ0v) is 15.3. The summed E-state index contributed by atoms with van der Waals surface area (Å²) in [6, 6.07) is 28.5. The van der Waals surface area contributed by atoms with Crippen molar-refractivity contribution in [3.05, 3.63) is 90.5 Å². The number of benzene rings is 3. The number of carbonyl (C=O) groups excluding carboxylic acids is 1. The monoisotopic (exact) mass is 357 g/mol. The molecule has 3 heteroatoms. The molecule has 0 aromatic heterocycles. The fraction of sp³-hybridized carbons (Fsp3) is 0.208. The number of rotatable bonds is 5. The summed E-state index contributed by atoms with van der Waals surface area (Å²) >= 11 is 0. The van der Waals surface area contributed by atoms with E-state index in [-0.39, 0.29) is 12.0 Å². The van der Waals surface area contributed by atoms with Crippen LogP contribution in [0.25, 0.3) is 11.1 Å². The molecule has 4 rings (SSSR count). The van der Waals surface area contributed by atoms with Crippen molar-refractivity contribution in [3.63, 3.8) is 0 Å². The van der Waals surface area contributed by atoms with Crippen LogP contribution in [-0.2, 0) is 16.1 Å². The van der Waals surface area contributed by atoms with Gasteiger partial charge in [-0.3, -0.25) is 4.79 Å². The zero-order chi connectivity index (χ0) is 18.5. The molecule has 0 unspecified atom stereocenters. The molecule has 0 aliphatic carbocycles. The Kier molecular flexibility index (Phi) is 5.31. The van der Waals surface area contributed by atoms with Crippen LogP contribution in [0.3, 0.4) is 0 Å². The van der Waals surface area contributed by atoms with Gasteiger partial charge in [-0.05, 0) is 41.7 Å². The number of amides is 1. The molecule has 1 amide bonds. The van der Waals surface area contributed by atoms with E-state index in [4.69, 9.17) is 4.74 Å². The lowest BCUT2D eigenvalue weighted by molar-refractivity contribution is -0.127. The summed E-state index contributed by atoms with van der Waals surface area (Å²) in [6.07, 6.45) is 1.40. The van der Waals surface area contributed by atoms with Crippen LogP contribution in [0.4, 0.5) is 5.69 Å². The Bertz CT molecular complexity index is 887. The van der Waals surface area contributed by atoms with Gasteiger partial charge in [-0.25, -0.2) is 0 Å². The van der Waals surface area contributed by atoms with E-state index >= 15 is 0 Å². The predicted octanol–water partition coefficient (Wildman–Crippen LogP) is 5.07. The van der Waals surface area contributed by atoms with Gasteiger partial charge in [0, 0.05) is 12.3 Å². The molecule has 1 aliphatic rings. The van der Waals surface area contributed by atoms with Crippen molar-refractivity contribution < 1.29 is 9.53 Å². The molecule has 1 saturated heterocycles. The number of ether oxygens (including phenoxy) is 1. The summed E-state index contributed by atoms with van der Waals surface area (Å²) in [5, 5.41) is 0. The lowest BCUT2D eigenvalue weighted by atomic mass is 10.0. The third-order valence-electron chi connectivity index (χ3n) is 4.92. The lowest BCUT2D eigenvalue weighted by Crippen LogP contribution is -2.38. The Morgan fingerprint density at radius 1 is 0.889 bits per heavy atom. The maximum absolute atomic E-state index is 13.2. The van der Waals surface area contributed by atoms with Gasteiger partial charge in [0.15, 0.2) is 0 Å². The van der Waals surface area contributed by atoms with Crippen LogP contribution in [0, 0.1) is 0 Å². The molecule has 1 aliphatic heterocycles. The van der Waals surface area contributed by atoms with E-state index in [1.54, 1.807) is 0 Å². The third kappa shape index (κ3) is 4.09. The first-order valence-corrected chi connectivity index (χ1v) is 9.44. The molecule has 3 aromatic rings. The largest absolute Gasteiger partial charge is 0.368 e. The summed E-state index contributed by atoms with van der Waals surface area (Å²) in [5.41, 5.74) is 4.25. The molecule has 0 spiro atoms. The highest BCUT2D eigenvalue weighted by atomic mass is 16.5. The topological polar surface area (TPSA) is 29.5 Å². The highest BCUT2D eigenvalue weighted by Crippen LogP contribution is 2.27. The Balaban J connectivity index is 1.68. The van der Waals surface area contributed by atoms with Crippen molar-refractivity contribution in [2.45, 2.75) is 25.5 Å². The minimum absolute atomic E-state index is 0.0431. The molecule has 0 N–H and O–H groups in total. The first-order valence-electron chi connectivity index (χ1n) is 9.44. The van der Waals surface area contributed by atoms with Gasteiger partial charge in [0.05, 0.1) is 6.54 Å². The number of carbonyl (C=O) groups is 1. The first kappa shape index (κ1) is 17.5. The maximum atomic E-state index is 13.2. The SMILES string of the molecule is O=C([C@@H]1CCCO1)N(Cc1ccccc1)c1cccc(-c2ccccc2)c1. The number of hydrogen-bond acceptors (Lipinski definition) is 2. The quantitative estimate of drug-likeness (QED) is 0.638. The standard InChI is InChI=1S/C24H23NO2/c26-24(23-15-8-16-27-23)25(18-19-9-3-1-4-10-19)22-14-7-13-21(17-22)20-11-5-2-6-12-20/h1-7,9-14,17,23H,8,15-16,18H2/t23-/m0/s1. The second-order valence-electron chi connectivity index (χ2n) is 6.83. The van der Waals surface area contributed by atoms with Crippen molar-refractivity contribution in [2.24, 2.45) is 0 Å². The third-order valence-corrected chi connectivity index (χ3v) is 4.92. The summed E-state index contributed by atoms with van der Waals surface area (Å²) < 4.78 is 5.68. The van der Waals surface area contributed by atoms with E-state index in [0.717, 1.165) is 35.2 Å². The van der Waals surface area contributed by atoms with Gasteiger partial charge in [-0.1, -0.05) is 72.8 Å². The second kappa shape index (κ2) is 8.19. The Morgan fingerprint density at radius 2 is 1.59 bits per heavy atom. The van der Waals surface area contributed by atoms with E-state index in [2.05, 4.69) is 36.4 Å². The number of hydrogen-bond donors (Lipinski definition) is 0. The van der Waals surface area contributed by atoms with Crippen LogP contribution in [0.1, 0.15) is 18.4 Å². The van der Waals surface area contributed by atoms with Crippen molar-refractivity contribution in [1.82, 2.24) is 0 Å². The van der Waals surface area contributed by atoms with Gasteiger partial charge in [0.2, 0.25) is 0 Å². The van der Waals surface area contributed by atoms with Crippen molar-refractivity contribution in [1.29, 1.82) is 0 Å². The summed E-state index contributed by atoms with van der Waals surface area (Å²) in [4.78, 5) is 15.1. The highest BCUT2D eigenvalue weighted by Gasteiger charge is 2.29. The molecule has 3 aromatic carbocycles. The average molecular weight is 357 g/mol. The molecular weight excluding hydrogens is 334 g/mol. The highest BCUT2D eigenvalue weighted by molar-refractivity contribution is 5.97. The molecular formula is C24H23NO2. The minimum Gasteiger partial charge on any atom is -0.368 e. The van der Waals surface area contributed by atoms with Crippen molar-refractivity contribution >= 4 is 11.6 Å². The molecule has 3 nitrogen and oxygen atoms in total. The molecule has 27 heavy (non-hydrogen) atoms. The van der Waals surface area contributed by atoms with Gasteiger partial charge < -0.3 is 9.64 Å².